The summed E-state index contributed by atoms with van der Waals surface area (Å²) in [5, 5.41) is 57.3. The minimum Gasteiger partial charge on any atom is -0.507 e. The zero-order valence-electron chi connectivity index (χ0n) is 15.7. The average Bonchev–Trinajstić information content (AvgIpc) is 3.35. The zero-order chi connectivity index (χ0) is 22.8. The van der Waals surface area contributed by atoms with E-state index in [2.05, 4.69) is 25.4 Å². The fourth-order valence-corrected chi connectivity index (χ4v) is 2.59. The topological polar surface area (TPSA) is 199 Å². The second kappa shape index (κ2) is 7.90. The number of non-ortho nitro benzene ring substituents is 2. The lowest BCUT2D eigenvalue weighted by molar-refractivity contribution is -0.385. The molecule has 0 aliphatic carbocycles. The highest BCUT2D eigenvalue weighted by Gasteiger charge is 2.13. The quantitative estimate of drug-likeness (QED) is 0.256. The smallest absolute Gasteiger partial charge is 0.276 e. The lowest BCUT2D eigenvalue weighted by Crippen LogP contribution is -1.93. The minimum atomic E-state index is -0.606. The van der Waals surface area contributed by atoms with Crippen molar-refractivity contribution < 1.29 is 20.1 Å². The fourth-order valence-electron chi connectivity index (χ4n) is 2.59. The van der Waals surface area contributed by atoms with Gasteiger partial charge < -0.3 is 10.2 Å². The van der Waals surface area contributed by atoms with Crippen LogP contribution in [0.5, 0.6) is 11.5 Å². The van der Waals surface area contributed by atoms with Crippen molar-refractivity contribution >= 4 is 35.5 Å². The van der Waals surface area contributed by atoms with E-state index in [0.29, 0.717) is 0 Å². The molecule has 0 saturated heterocycles. The van der Waals surface area contributed by atoms with Gasteiger partial charge in [-0.25, -0.2) is 4.99 Å². The van der Waals surface area contributed by atoms with E-state index in [0.717, 1.165) is 24.3 Å². The third kappa shape index (κ3) is 3.80. The third-order valence-corrected chi connectivity index (χ3v) is 4.17. The Morgan fingerprint density at radius 1 is 0.906 bits per heavy atom. The first-order valence-electron chi connectivity index (χ1n) is 8.65. The maximum Gasteiger partial charge on any atom is 0.276 e. The molecule has 0 atom stereocenters. The summed E-state index contributed by atoms with van der Waals surface area (Å²) in [6.07, 6.45) is 3.61. The number of fused-ring (bicyclic) bond motifs is 1. The fraction of sp³-hybridized carbons (Fsp3) is 0. The van der Waals surface area contributed by atoms with Gasteiger partial charge in [0.05, 0.1) is 16.1 Å². The van der Waals surface area contributed by atoms with Crippen LogP contribution in [0.2, 0.25) is 0 Å². The zero-order valence-corrected chi connectivity index (χ0v) is 15.7. The highest BCUT2D eigenvalue weighted by Crippen LogP contribution is 2.23. The molecular formula is C17H11N9O6. The molecule has 160 valence electrons. The van der Waals surface area contributed by atoms with Crippen molar-refractivity contribution in [3.63, 3.8) is 0 Å². The molecule has 15 heteroatoms. The Kier molecular flexibility index (Phi) is 4.96. The van der Waals surface area contributed by atoms with Gasteiger partial charge in [-0.1, -0.05) is 0 Å². The summed E-state index contributed by atoms with van der Waals surface area (Å²) in [5.41, 5.74) is -0.248. The Balaban J connectivity index is 1.62. The van der Waals surface area contributed by atoms with Crippen molar-refractivity contribution in [2.75, 3.05) is 0 Å². The first kappa shape index (κ1) is 20.1. The molecule has 2 aromatic carbocycles. The second-order valence-corrected chi connectivity index (χ2v) is 6.19. The molecule has 0 saturated carbocycles. The number of nitro benzene ring substituents is 2. The van der Waals surface area contributed by atoms with Gasteiger partial charge >= 0.3 is 0 Å². The van der Waals surface area contributed by atoms with Crippen LogP contribution < -0.4 is 0 Å². The summed E-state index contributed by atoms with van der Waals surface area (Å²) in [6.45, 7) is 0. The van der Waals surface area contributed by atoms with Gasteiger partial charge in [-0.2, -0.15) is 14.3 Å². The van der Waals surface area contributed by atoms with E-state index in [1.54, 1.807) is 0 Å². The number of hydrogen-bond acceptors (Lipinski definition) is 11. The molecule has 4 aromatic rings. The van der Waals surface area contributed by atoms with Gasteiger partial charge in [0.1, 0.15) is 17.8 Å². The summed E-state index contributed by atoms with van der Waals surface area (Å²) < 4.78 is 2.39. The first-order valence-corrected chi connectivity index (χ1v) is 8.65. The Bertz CT molecular complexity index is 1310. The summed E-state index contributed by atoms with van der Waals surface area (Å²) in [7, 11) is 0. The molecule has 32 heavy (non-hydrogen) atoms. The van der Waals surface area contributed by atoms with Crippen molar-refractivity contribution in [3.8, 4) is 11.5 Å². The molecule has 2 aromatic heterocycles. The number of phenols is 2. The molecule has 0 fully saturated rings. The number of rotatable bonds is 6. The number of hydrogen-bond donors (Lipinski definition) is 2. The molecule has 0 spiro atoms. The van der Waals surface area contributed by atoms with Crippen LogP contribution in [0.15, 0.2) is 52.8 Å². The van der Waals surface area contributed by atoms with Gasteiger partial charge in [-0.3, -0.25) is 20.2 Å². The lowest BCUT2D eigenvalue weighted by atomic mass is 10.2. The predicted molar refractivity (Wildman–Crippen MR) is 109 cm³/mol. The van der Waals surface area contributed by atoms with Crippen molar-refractivity contribution in [1.82, 2.24) is 24.5 Å². The molecule has 0 bridgehead atoms. The van der Waals surface area contributed by atoms with Crippen molar-refractivity contribution in [2.24, 2.45) is 10.1 Å². The molecule has 15 nitrogen and oxygen atoms in total. The van der Waals surface area contributed by atoms with E-state index in [9.17, 15) is 30.4 Å². The van der Waals surface area contributed by atoms with E-state index in [4.69, 9.17) is 0 Å². The Morgan fingerprint density at radius 3 is 2.09 bits per heavy atom. The van der Waals surface area contributed by atoms with Crippen LogP contribution in [0.4, 0.5) is 17.3 Å². The molecule has 0 aliphatic rings. The highest BCUT2D eigenvalue weighted by atomic mass is 16.6. The summed E-state index contributed by atoms with van der Waals surface area (Å²) in [5.74, 6) is -0.300. The number of aromatic hydroxyl groups is 2. The molecule has 0 radical (unpaired) electrons. The predicted octanol–water partition coefficient (Wildman–Crippen LogP) is 1.79. The molecule has 2 heterocycles. The number of phenolic OH excluding ortho intramolecular Hbond substituents is 2. The van der Waals surface area contributed by atoms with E-state index in [1.807, 2.05) is 0 Å². The van der Waals surface area contributed by atoms with Crippen LogP contribution in [0.3, 0.4) is 0 Å². The van der Waals surface area contributed by atoms with Crippen molar-refractivity contribution in [1.29, 1.82) is 0 Å². The molecule has 2 N–H and O–H groups in total. The van der Waals surface area contributed by atoms with Crippen LogP contribution in [-0.4, -0.2) is 57.0 Å². The van der Waals surface area contributed by atoms with E-state index in [-0.39, 0.29) is 45.7 Å². The number of nitro groups is 2. The molecular weight excluding hydrogens is 426 g/mol. The third-order valence-electron chi connectivity index (χ3n) is 4.17. The number of aromatic nitrogens is 5. The van der Waals surface area contributed by atoms with E-state index >= 15 is 0 Å². The van der Waals surface area contributed by atoms with Crippen molar-refractivity contribution in [2.45, 2.75) is 0 Å². The van der Waals surface area contributed by atoms with Gasteiger partial charge in [0.15, 0.2) is 0 Å². The average molecular weight is 437 g/mol. The second-order valence-electron chi connectivity index (χ2n) is 6.19. The Labute approximate surface area is 176 Å². The van der Waals surface area contributed by atoms with Gasteiger partial charge in [0.25, 0.3) is 23.1 Å². The van der Waals surface area contributed by atoms with Crippen LogP contribution in [0, 0.1) is 20.2 Å². The molecule has 0 amide bonds. The van der Waals surface area contributed by atoms with Crippen LogP contribution in [0.1, 0.15) is 11.1 Å². The van der Waals surface area contributed by atoms with Gasteiger partial charge in [-0.05, 0) is 12.1 Å². The molecule has 0 unspecified atom stereocenters. The largest absolute Gasteiger partial charge is 0.507 e. The Morgan fingerprint density at radius 2 is 1.50 bits per heavy atom. The minimum absolute atomic E-state index is 0.00180. The normalized spacial score (nSPS) is 11.6. The van der Waals surface area contributed by atoms with Crippen LogP contribution >= 0.6 is 0 Å². The summed E-state index contributed by atoms with van der Waals surface area (Å²) in [4.78, 5) is 24.6. The SMILES string of the molecule is O=[N+]([O-])c1ccc(O)c(/C=N/c2nnc3n(/N=C/c4cc([N+](=O)[O-])ccc4O)cnn23)c1. The summed E-state index contributed by atoms with van der Waals surface area (Å²) in [6, 6.07) is 6.95. The van der Waals surface area contributed by atoms with E-state index < -0.39 is 9.85 Å². The first-order chi connectivity index (χ1) is 15.3. The lowest BCUT2D eigenvalue weighted by Gasteiger charge is -1.98. The van der Waals surface area contributed by atoms with Crippen LogP contribution in [0.25, 0.3) is 5.78 Å². The van der Waals surface area contributed by atoms with Crippen LogP contribution in [-0.2, 0) is 0 Å². The maximum absolute atomic E-state index is 10.9. The van der Waals surface area contributed by atoms with Gasteiger partial charge in [0, 0.05) is 41.6 Å². The number of benzene rings is 2. The van der Waals surface area contributed by atoms with E-state index in [1.165, 1.54) is 40.1 Å². The molecule has 0 aliphatic heterocycles. The van der Waals surface area contributed by atoms with Crippen molar-refractivity contribution in [3.05, 3.63) is 74.1 Å². The molecule has 4 rings (SSSR count). The standard InChI is InChI=1S/C17H11N9O6/c27-14-3-1-12(25(29)30)5-10(14)7-18-16-21-22-17-23(9-20-24(16)17)19-8-11-6-13(26(31)32)2-4-15(11)28/h1-9,27-28H/b18-7+,19-8+. The monoisotopic (exact) mass is 437 g/mol. The highest BCUT2D eigenvalue weighted by molar-refractivity contribution is 5.86. The maximum atomic E-state index is 10.9. The van der Waals surface area contributed by atoms with Gasteiger partial charge in [0.2, 0.25) is 0 Å². The Hall–Kier alpha value is -5.21. The van der Waals surface area contributed by atoms with Gasteiger partial charge in [-0.15, -0.1) is 15.3 Å². The number of aliphatic imine (C=N–C) groups is 1. The number of nitrogens with zero attached hydrogens (tertiary/aromatic N) is 9. The summed E-state index contributed by atoms with van der Waals surface area (Å²) >= 11 is 0.